The highest BCUT2D eigenvalue weighted by molar-refractivity contribution is 7.23. The largest absolute Gasteiger partial charge is 0.394 e. The van der Waals surface area contributed by atoms with Gasteiger partial charge in [0, 0.05) is 34.7 Å². The lowest BCUT2D eigenvalue weighted by atomic mass is 10.0. The van der Waals surface area contributed by atoms with E-state index in [1.807, 2.05) is 12.1 Å². The number of H-pyrrole nitrogens is 1. The van der Waals surface area contributed by atoms with E-state index < -0.39 is 0 Å². The van der Waals surface area contributed by atoms with Crippen LogP contribution in [0.15, 0.2) is 35.5 Å². The van der Waals surface area contributed by atoms with Gasteiger partial charge in [0.05, 0.1) is 28.3 Å². The van der Waals surface area contributed by atoms with Crippen LogP contribution in [0.4, 0.5) is 5.13 Å². The summed E-state index contributed by atoms with van der Waals surface area (Å²) in [6, 6.07) is 3.78. The third-order valence-electron chi connectivity index (χ3n) is 4.36. The SMILES string of the molecule is CCC[C@H](CO)Nc1nc2c3ccncc3c3c(=O)[nH]ccc3c2s1. The maximum absolute atomic E-state index is 12.4. The van der Waals surface area contributed by atoms with E-state index in [2.05, 4.69) is 22.2 Å². The Morgan fingerprint density at radius 3 is 3.00 bits per heavy atom. The van der Waals surface area contributed by atoms with E-state index in [0.717, 1.165) is 44.3 Å². The van der Waals surface area contributed by atoms with Gasteiger partial charge in [0.25, 0.3) is 5.56 Å². The van der Waals surface area contributed by atoms with Crippen molar-refractivity contribution >= 4 is 48.2 Å². The Morgan fingerprint density at radius 1 is 1.32 bits per heavy atom. The van der Waals surface area contributed by atoms with Crippen molar-refractivity contribution in [3.05, 3.63) is 41.1 Å². The number of rotatable bonds is 5. The third kappa shape index (κ3) is 2.65. The van der Waals surface area contributed by atoms with Crippen molar-refractivity contribution < 1.29 is 5.11 Å². The first kappa shape index (κ1) is 16.0. The summed E-state index contributed by atoms with van der Waals surface area (Å²) in [5.41, 5.74) is 0.732. The van der Waals surface area contributed by atoms with Crippen molar-refractivity contribution in [3.8, 4) is 0 Å². The van der Waals surface area contributed by atoms with Gasteiger partial charge < -0.3 is 15.4 Å². The number of aromatic amines is 1. The highest BCUT2D eigenvalue weighted by atomic mass is 32.1. The van der Waals surface area contributed by atoms with E-state index in [0.29, 0.717) is 5.39 Å². The predicted octanol–water partition coefficient (Wildman–Crippen LogP) is 3.26. The molecule has 0 aliphatic heterocycles. The van der Waals surface area contributed by atoms with Gasteiger partial charge in [-0.25, -0.2) is 4.98 Å². The Bertz CT molecular complexity index is 1120. The highest BCUT2D eigenvalue weighted by Gasteiger charge is 2.16. The molecule has 0 spiro atoms. The molecule has 0 saturated carbocycles. The Hall–Kier alpha value is -2.51. The zero-order chi connectivity index (χ0) is 17.4. The molecule has 3 N–H and O–H groups in total. The Labute approximate surface area is 147 Å². The summed E-state index contributed by atoms with van der Waals surface area (Å²) in [5, 5.41) is 16.8. The standard InChI is InChI=1S/C18H18N4O2S/c1-2-3-10(9-23)21-18-22-15-11-4-6-19-8-13(11)14-12(16(15)25-18)5-7-20-17(14)24/h4-8,10,23H,2-3,9H2,1H3,(H,20,24)(H,21,22)/t10-/m1/s1. The molecule has 4 aromatic rings. The molecule has 128 valence electrons. The fourth-order valence-electron chi connectivity index (χ4n) is 3.21. The molecule has 0 amide bonds. The summed E-state index contributed by atoms with van der Waals surface area (Å²) in [5.74, 6) is 0. The van der Waals surface area contributed by atoms with Crippen molar-refractivity contribution in [1.82, 2.24) is 15.0 Å². The molecule has 0 aliphatic carbocycles. The van der Waals surface area contributed by atoms with E-state index in [9.17, 15) is 9.90 Å². The van der Waals surface area contributed by atoms with Gasteiger partial charge in [-0.15, -0.1) is 0 Å². The number of aromatic nitrogens is 3. The molecule has 0 unspecified atom stereocenters. The summed E-state index contributed by atoms with van der Waals surface area (Å²) < 4.78 is 0.968. The zero-order valence-corrected chi connectivity index (χ0v) is 14.6. The molecular formula is C18H18N4O2S. The Morgan fingerprint density at radius 2 is 2.20 bits per heavy atom. The van der Waals surface area contributed by atoms with Crippen LogP contribution in [0.25, 0.3) is 31.8 Å². The molecule has 6 nitrogen and oxygen atoms in total. The van der Waals surface area contributed by atoms with Crippen molar-refractivity contribution in [3.63, 3.8) is 0 Å². The number of nitrogens with one attached hydrogen (secondary N) is 2. The van der Waals surface area contributed by atoms with Gasteiger partial charge in [0.2, 0.25) is 0 Å². The maximum atomic E-state index is 12.4. The molecular weight excluding hydrogens is 336 g/mol. The fourth-order valence-corrected chi connectivity index (χ4v) is 4.30. The number of thiazole rings is 1. The molecule has 0 saturated heterocycles. The van der Waals surface area contributed by atoms with Crippen LogP contribution in [-0.4, -0.2) is 32.7 Å². The summed E-state index contributed by atoms with van der Waals surface area (Å²) in [4.78, 5) is 24.1. The summed E-state index contributed by atoms with van der Waals surface area (Å²) >= 11 is 1.51. The van der Waals surface area contributed by atoms with Gasteiger partial charge in [-0.05, 0) is 18.6 Å². The molecule has 1 aromatic carbocycles. The van der Waals surface area contributed by atoms with Crippen LogP contribution in [-0.2, 0) is 0 Å². The minimum atomic E-state index is -0.125. The first-order valence-corrected chi connectivity index (χ1v) is 9.09. The normalized spacial score (nSPS) is 12.9. The molecule has 0 fully saturated rings. The number of aliphatic hydroxyl groups excluding tert-OH is 1. The van der Waals surface area contributed by atoms with E-state index in [-0.39, 0.29) is 18.2 Å². The van der Waals surface area contributed by atoms with Crippen molar-refractivity contribution in [2.24, 2.45) is 0 Å². The number of fused-ring (bicyclic) bond motifs is 6. The lowest BCUT2D eigenvalue weighted by Gasteiger charge is -2.13. The molecule has 0 radical (unpaired) electrons. The van der Waals surface area contributed by atoms with Gasteiger partial charge in [0.15, 0.2) is 5.13 Å². The number of benzene rings is 1. The van der Waals surface area contributed by atoms with Gasteiger partial charge in [-0.2, -0.15) is 0 Å². The smallest absolute Gasteiger partial charge is 0.256 e. The van der Waals surface area contributed by atoms with E-state index >= 15 is 0 Å². The lowest BCUT2D eigenvalue weighted by Crippen LogP contribution is -2.23. The molecule has 4 rings (SSSR count). The minimum Gasteiger partial charge on any atom is -0.394 e. The molecule has 7 heteroatoms. The zero-order valence-electron chi connectivity index (χ0n) is 13.7. The van der Waals surface area contributed by atoms with Gasteiger partial charge in [-0.1, -0.05) is 24.7 Å². The number of nitrogens with zero attached hydrogens (tertiary/aromatic N) is 2. The molecule has 25 heavy (non-hydrogen) atoms. The maximum Gasteiger partial charge on any atom is 0.256 e. The molecule has 0 bridgehead atoms. The fraction of sp³-hybridized carbons (Fsp3) is 0.278. The van der Waals surface area contributed by atoms with Crippen LogP contribution < -0.4 is 10.9 Å². The lowest BCUT2D eigenvalue weighted by molar-refractivity contribution is 0.268. The second-order valence-corrected chi connectivity index (χ2v) is 7.03. The van der Waals surface area contributed by atoms with Crippen LogP contribution in [0.3, 0.4) is 0 Å². The first-order valence-electron chi connectivity index (χ1n) is 8.28. The summed E-state index contributed by atoms with van der Waals surface area (Å²) in [6.45, 7) is 2.15. The second kappa shape index (κ2) is 6.42. The summed E-state index contributed by atoms with van der Waals surface area (Å²) in [6.07, 6.45) is 6.94. The van der Waals surface area contributed by atoms with Crippen LogP contribution in [0.2, 0.25) is 0 Å². The Kier molecular flexibility index (Phi) is 4.10. The van der Waals surface area contributed by atoms with Gasteiger partial charge >= 0.3 is 0 Å². The number of anilines is 1. The number of aliphatic hydroxyl groups is 1. The third-order valence-corrected chi connectivity index (χ3v) is 5.38. The average molecular weight is 354 g/mol. The Balaban J connectivity index is 2.01. The molecule has 3 heterocycles. The monoisotopic (exact) mass is 354 g/mol. The van der Waals surface area contributed by atoms with Crippen molar-refractivity contribution in [2.45, 2.75) is 25.8 Å². The number of pyridine rings is 2. The van der Waals surface area contributed by atoms with E-state index in [4.69, 9.17) is 4.98 Å². The van der Waals surface area contributed by atoms with E-state index in [1.165, 1.54) is 11.3 Å². The molecule has 1 atom stereocenters. The van der Waals surface area contributed by atoms with Crippen LogP contribution in [0.5, 0.6) is 0 Å². The summed E-state index contributed by atoms with van der Waals surface area (Å²) in [7, 11) is 0. The predicted molar refractivity (Wildman–Crippen MR) is 102 cm³/mol. The quantitative estimate of drug-likeness (QED) is 0.479. The van der Waals surface area contributed by atoms with Gasteiger partial charge in [0.1, 0.15) is 0 Å². The highest BCUT2D eigenvalue weighted by Crippen LogP contribution is 2.37. The minimum absolute atomic E-state index is 0.0202. The van der Waals surface area contributed by atoms with Crippen LogP contribution in [0.1, 0.15) is 19.8 Å². The topological polar surface area (TPSA) is 90.9 Å². The second-order valence-electron chi connectivity index (χ2n) is 6.03. The first-order chi connectivity index (χ1) is 12.2. The van der Waals surface area contributed by atoms with Gasteiger partial charge in [-0.3, -0.25) is 9.78 Å². The number of hydrogen-bond donors (Lipinski definition) is 3. The number of hydrogen-bond acceptors (Lipinski definition) is 6. The van der Waals surface area contributed by atoms with Crippen LogP contribution in [0, 0.1) is 0 Å². The van der Waals surface area contributed by atoms with Crippen molar-refractivity contribution in [1.29, 1.82) is 0 Å². The average Bonchev–Trinajstić information content (AvgIpc) is 3.05. The molecule has 3 aromatic heterocycles. The molecule has 0 aliphatic rings. The van der Waals surface area contributed by atoms with Crippen molar-refractivity contribution in [2.75, 3.05) is 11.9 Å². The van der Waals surface area contributed by atoms with Crippen LogP contribution >= 0.6 is 11.3 Å². The van der Waals surface area contributed by atoms with E-state index in [1.54, 1.807) is 18.6 Å².